The summed E-state index contributed by atoms with van der Waals surface area (Å²) >= 11 is 5.85. The Morgan fingerprint density at radius 2 is 1.92 bits per heavy atom. The van der Waals surface area contributed by atoms with Crippen molar-refractivity contribution in [3.63, 3.8) is 0 Å². The lowest BCUT2D eigenvalue weighted by Gasteiger charge is -2.15. The molecular weight excluding hydrogens is 325 g/mol. The van der Waals surface area contributed by atoms with Crippen LogP contribution < -0.4 is 10.1 Å². The molecule has 24 heavy (non-hydrogen) atoms. The molecule has 0 aliphatic carbocycles. The van der Waals surface area contributed by atoms with Crippen molar-refractivity contribution in [3.05, 3.63) is 71.0 Å². The number of fused-ring (bicyclic) bond motifs is 1. The van der Waals surface area contributed by atoms with Gasteiger partial charge in [-0.3, -0.25) is 0 Å². The van der Waals surface area contributed by atoms with Gasteiger partial charge in [-0.2, -0.15) is 0 Å². The number of halogens is 2. The van der Waals surface area contributed by atoms with E-state index >= 15 is 0 Å². The first-order chi connectivity index (χ1) is 11.7. The van der Waals surface area contributed by atoms with Crippen LogP contribution in [0.5, 0.6) is 5.75 Å². The Morgan fingerprint density at radius 3 is 2.71 bits per heavy atom. The number of ether oxygens (including phenoxy) is 1. The predicted molar refractivity (Wildman–Crippen MR) is 98.5 cm³/mol. The van der Waals surface area contributed by atoms with E-state index in [-0.39, 0.29) is 5.02 Å². The van der Waals surface area contributed by atoms with E-state index in [1.807, 2.05) is 18.2 Å². The lowest BCUT2D eigenvalue weighted by molar-refractivity contribution is 0.315. The van der Waals surface area contributed by atoms with Crippen LogP contribution in [0.3, 0.4) is 0 Å². The monoisotopic (exact) mass is 343 g/mol. The summed E-state index contributed by atoms with van der Waals surface area (Å²) in [5.41, 5.74) is 1.86. The van der Waals surface area contributed by atoms with Crippen molar-refractivity contribution in [3.8, 4) is 5.75 Å². The summed E-state index contributed by atoms with van der Waals surface area (Å²) < 4.78 is 19.2. The van der Waals surface area contributed by atoms with Gasteiger partial charge < -0.3 is 10.1 Å². The van der Waals surface area contributed by atoms with Crippen molar-refractivity contribution in [2.75, 3.05) is 11.9 Å². The number of nitrogens with one attached hydrogen (secondary N) is 1. The molecule has 1 N–H and O–H groups in total. The highest BCUT2D eigenvalue weighted by atomic mass is 35.5. The van der Waals surface area contributed by atoms with Crippen LogP contribution in [0.4, 0.5) is 10.1 Å². The van der Waals surface area contributed by atoms with E-state index < -0.39 is 5.82 Å². The number of benzene rings is 3. The number of rotatable bonds is 6. The Balaban J connectivity index is 1.91. The Kier molecular flexibility index (Phi) is 5.21. The van der Waals surface area contributed by atoms with Crippen LogP contribution in [-0.2, 0) is 6.54 Å². The highest BCUT2D eigenvalue weighted by Crippen LogP contribution is 2.29. The summed E-state index contributed by atoms with van der Waals surface area (Å²) in [7, 11) is 0. The van der Waals surface area contributed by atoms with E-state index in [1.54, 1.807) is 12.1 Å². The van der Waals surface area contributed by atoms with Crippen LogP contribution >= 0.6 is 11.6 Å². The molecule has 3 rings (SSSR count). The van der Waals surface area contributed by atoms with Crippen molar-refractivity contribution in [2.45, 2.75) is 19.9 Å². The molecule has 0 saturated carbocycles. The third-order valence-electron chi connectivity index (χ3n) is 3.85. The van der Waals surface area contributed by atoms with Gasteiger partial charge in [0.2, 0.25) is 0 Å². The maximum atomic E-state index is 13.3. The summed E-state index contributed by atoms with van der Waals surface area (Å²) in [4.78, 5) is 0. The molecule has 2 nitrogen and oxygen atoms in total. The van der Waals surface area contributed by atoms with Gasteiger partial charge in [0.05, 0.1) is 11.6 Å². The molecule has 0 atom stereocenters. The zero-order valence-corrected chi connectivity index (χ0v) is 14.2. The number of anilines is 1. The molecule has 0 aliphatic rings. The molecule has 0 amide bonds. The smallest absolute Gasteiger partial charge is 0.141 e. The maximum Gasteiger partial charge on any atom is 0.141 e. The van der Waals surface area contributed by atoms with Crippen molar-refractivity contribution in [1.82, 2.24) is 0 Å². The van der Waals surface area contributed by atoms with Crippen molar-refractivity contribution in [1.29, 1.82) is 0 Å². The minimum atomic E-state index is -0.417. The lowest BCUT2D eigenvalue weighted by Crippen LogP contribution is -2.05. The SMILES string of the molecule is CCCOc1ccc2ccccc2c1CNc1ccc(F)c(Cl)c1. The zero-order valence-electron chi connectivity index (χ0n) is 13.5. The van der Waals surface area contributed by atoms with Crippen molar-refractivity contribution >= 4 is 28.1 Å². The lowest BCUT2D eigenvalue weighted by atomic mass is 10.0. The molecule has 0 bridgehead atoms. The maximum absolute atomic E-state index is 13.3. The number of hydrogen-bond acceptors (Lipinski definition) is 2. The van der Waals surface area contributed by atoms with Crippen LogP contribution in [0.25, 0.3) is 10.8 Å². The highest BCUT2D eigenvalue weighted by molar-refractivity contribution is 6.31. The van der Waals surface area contributed by atoms with Gasteiger partial charge in [0.15, 0.2) is 0 Å². The Hall–Kier alpha value is -2.26. The summed E-state index contributed by atoms with van der Waals surface area (Å²) in [6.45, 7) is 3.33. The first-order valence-corrected chi connectivity index (χ1v) is 8.39. The molecule has 0 saturated heterocycles. The normalized spacial score (nSPS) is 10.8. The molecule has 0 spiro atoms. The van der Waals surface area contributed by atoms with Crippen LogP contribution in [0, 0.1) is 5.82 Å². The van der Waals surface area contributed by atoms with Crippen LogP contribution in [0.2, 0.25) is 5.02 Å². The minimum Gasteiger partial charge on any atom is -0.493 e. The third kappa shape index (κ3) is 3.62. The van der Waals surface area contributed by atoms with Crippen LogP contribution in [0.1, 0.15) is 18.9 Å². The summed E-state index contributed by atoms with van der Waals surface area (Å²) in [6.07, 6.45) is 0.952. The molecule has 0 aromatic heterocycles. The molecule has 4 heteroatoms. The average molecular weight is 344 g/mol. The highest BCUT2D eigenvalue weighted by Gasteiger charge is 2.09. The van der Waals surface area contributed by atoms with E-state index in [9.17, 15) is 4.39 Å². The quantitative estimate of drug-likeness (QED) is 0.589. The second kappa shape index (κ2) is 7.54. The Morgan fingerprint density at radius 1 is 1.08 bits per heavy atom. The molecular formula is C20H19ClFNO. The molecule has 0 unspecified atom stereocenters. The first kappa shape index (κ1) is 16.6. The van der Waals surface area contributed by atoms with E-state index in [2.05, 4.69) is 30.4 Å². The molecule has 0 heterocycles. The zero-order chi connectivity index (χ0) is 16.9. The van der Waals surface area contributed by atoms with E-state index in [0.717, 1.165) is 34.2 Å². The van der Waals surface area contributed by atoms with Gasteiger partial charge in [-0.15, -0.1) is 0 Å². The van der Waals surface area contributed by atoms with Gasteiger partial charge in [0.1, 0.15) is 11.6 Å². The fourth-order valence-electron chi connectivity index (χ4n) is 2.64. The molecule has 3 aromatic carbocycles. The van der Waals surface area contributed by atoms with Gasteiger partial charge in [-0.25, -0.2) is 4.39 Å². The molecule has 0 radical (unpaired) electrons. The van der Waals surface area contributed by atoms with E-state index in [0.29, 0.717) is 13.2 Å². The first-order valence-electron chi connectivity index (χ1n) is 8.01. The van der Waals surface area contributed by atoms with E-state index in [4.69, 9.17) is 16.3 Å². The molecule has 124 valence electrons. The van der Waals surface area contributed by atoms with Crippen molar-refractivity contribution in [2.24, 2.45) is 0 Å². The standard InChI is InChI=1S/C20H19ClFNO/c1-2-11-24-20-10-7-14-5-3-4-6-16(14)17(20)13-23-15-8-9-19(22)18(21)12-15/h3-10,12,23H,2,11,13H2,1H3. The summed E-state index contributed by atoms with van der Waals surface area (Å²) in [6, 6.07) is 16.9. The molecule has 0 aliphatic heterocycles. The van der Waals surface area contributed by atoms with E-state index in [1.165, 1.54) is 6.07 Å². The minimum absolute atomic E-state index is 0.111. The Bertz CT molecular complexity index is 850. The van der Waals surface area contributed by atoms with Gasteiger partial charge in [0.25, 0.3) is 0 Å². The van der Waals surface area contributed by atoms with Crippen LogP contribution in [-0.4, -0.2) is 6.61 Å². The molecule has 3 aromatic rings. The van der Waals surface area contributed by atoms with Gasteiger partial charge in [-0.1, -0.05) is 48.9 Å². The fourth-order valence-corrected chi connectivity index (χ4v) is 2.82. The second-order valence-corrected chi connectivity index (χ2v) is 6.00. The second-order valence-electron chi connectivity index (χ2n) is 5.59. The van der Waals surface area contributed by atoms with Crippen molar-refractivity contribution < 1.29 is 9.13 Å². The van der Waals surface area contributed by atoms with Gasteiger partial charge in [-0.05, 0) is 41.5 Å². The summed E-state index contributed by atoms with van der Waals surface area (Å²) in [5, 5.41) is 5.73. The topological polar surface area (TPSA) is 21.3 Å². The van der Waals surface area contributed by atoms with Gasteiger partial charge >= 0.3 is 0 Å². The van der Waals surface area contributed by atoms with Crippen LogP contribution in [0.15, 0.2) is 54.6 Å². The van der Waals surface area contributed by atoms with Gasteiger partial charge in [0, 0.05) is 17.8 Å². The molecule has 0 fully saturated rings. The average Bonchev–Trinajstić information content (AvgIpc) is 2.61. The largest absolute Gasteiger partial charge is 0.493 e. The fraction of sp³-hybridized carbons (Fsp3) is 0.200. The third-order valence-corrected chi connectivity index (χ3v) is 4.14. The summed E-state index contributed by atoms with van der Waals surface area (Å²) in [5.74, 6) is 0.454. The predicted octanol–water partition coefficient (Wildman–Crippen LogP) is 6.03. The Labute approximate surface area is 146 Å². The number of hydrogen-bond donors (Lipinski definition) is 1.